The molecule has 16 heavy (non-hydrogen) atoms. The van der Waals surface area contributed by atoms with Crippen LogP contribution in [0.1, 0.15) is 77.0 Å². The summed E-state index contributed by atoms with van der Waals surface area (Å²) < 4.78 is 0. The van der Waals surface area contributed by atoms with Gasteiger partial charge in [0.25, 0.3) is 0 Å². The molecule has 0 N–H and O–H groups in total. The normalized spacial score (nSPS) is 13.9. The van der Waals surface area contributed by atoms with Gasteiger partial charge in [-0.05, 0) is 38.5 Å². The molecule has 0 heteroatoms. The van der Waals surface area contributed by atoms with Gasteiger partial charge < -0.3 is 0 Å². The van der Waals surface area contributed by atoms with E-state index < -0.39 is 0 Å². The summed E-state index contributed by atoms with van der Waals surface area (Å²) in [5.74, 6) is 0. The highest BCUT2D eigenvalue weighted by Gasteiger charge is 2.08. The molecule has 1 aliphatic rings. The molecule has 0 aliphatic heterocycles. The van der Waals surface area contributed by atoms with Crippen LogP contribution >= 0.6 is 0 Å². The van der Waals surface area contributed by atoms with E-state index in [9.17, 15) is 0 Å². The predicted octanol–water partition coefficient (Wildman–Crippen LogP) is 5.79. The van der Waals surface area contributed by atoms with Crippen LogP contribution in [0.2, 0.25) is 0 Å². The second kappa shape index (κ2) is 9.69. The Morgan fingerprint density at radius 2 is 1.25 bits per heavy atom. The Morgan fingerprint density at radius 3 is 1.75 bits per heavy atom. The lowest BCUT2D eigenvalue weighted by molar-refractivity contribution is 0.571. The van der Waals surface area contributed by atoms with Gasteiger partial charge in [-0.2, -0.15) is 0 Å². The number of hydrogen-bond acceptors (Lipinski definition) is 0. The Bertz CT molecular complexity index is 194. The van der Waals surface area contributed by atoms with Gasteiger partial charge in [-0.1, -0.05) is 56.3 Å². The van der Waals surface area contributed by atoms with Crippen LogP contribution < -0.4 is 0 Å². The molecule has 0 spiro atoms. The smallest absolute Gasteiger partial charge is 0.0283 e. The number of rotatable bonds is 11. The second-order valence-corrected chi connectivity index (χ2v) is 5.06. The summed E-state index contributed by atoms with van der Waals surface area (Å²) in [6, 6.07) is 0. The van der Waals surface area contributed by atoms with E-state index in [1.165, 1.54) is 77.0 Å². The molecule has 0 atom stereocenters. The molecule has 0 heterocycles. The molecule has 1 saturated carbocycles. The van der Waals surface area contributed by atoms with E-state index in [0.29, 0.717) is 0 Å². The molecule has 0 amide bonds. The summed E-state index contributed by atoms with van der Waals surface area (Å²) in [5, 5.41) is 0. The van der Waals surface area contributed by atoms with Crippen LogP contribution in [0.25, 0.3) is 0 Å². The van der Waals surface area contributed by atoms with Gasteiger partial charge in [-0.3, -0.25) is 0 Å². The first-order chi connectivity index (χ1) is 7.93. The quantitative estimate of drug-likeness (QED) is 0.305. The number of allylic oxidation sites excluding steroid dienone is 3. The second-order valence-electron chi connectivity index (χ2n) is 5.06. The van der Waals surface area contributed by atoms with Crippen molar-refractivity contribution in [3.05, 3.63) is 24.3 Å². The van der Waals surface area contributed by atoms with Gasteiger partial charge in [-0.15, -0.1) is 6.58 Å². The van der Waals surface area contributed by atoms with Crippen molar-refractivity contribution in [3.8, 4) is 0 Å². The van der Waals surface area contributed by atoms with Gasteiger partial charge in [0.2, 0.25) is 0 Å². The van der Waals surface area contributed by atoms with Crippen molar-refractivity contribution in [2.45, 2.75) is 77.0 Å². The fourth-order valence-electron chi connectivity index (χ4n) is 2.08. The maximum atomic E-state index is 3.75. The van der Waals surface area contributed by atoms with Gasteiger partial charge in [0, 0.05) is 0 Å². The fourth-order valence-corrected chi connectivity index (χ4v) is 2.08. The van der Waals surface area contributed by atoms with Crippen molar-refractivity contribution < 1.29 is 0 Å². The lowest BCUT2D eigenvalue weighted by Gasteiger charge is -2.00. The molecular weight excluding hydrogens is 192 g/mol. The minimum absolute atomic E-state index is 1.20. The summed E-state index contributed by atoms with van der Waals surface area (Å²) >= 11 is 0. The van der Waals surface area contributed by atoms with Crippen molar-refractivity contribution in [1.82, 2.24) is 0 Å². The lowest BCUT2D eigenvalue weighted by atomic mass is 10.1. The van der Waals surface area contributed by atoms with E-state index in [1.807, 2.05) is 6.08 Å². The monoisotopic (exact) mass is 220 g/mol. The Hall–Kier alpha value is -0.520. The van der Waals surface area contributed by atoms with Gasteiger partial charge in [0.15, 0.2) is 0 Å². The Kier molecular flexibility index (Phi) is 8.20. The minimum Gasteiger partial charge on any atom is -0.103 e. The maximum absolute atomic E-state index is 3.75. The first kappa shape index (κ1) is 13.5. The summed E-state index contributed by atoms with van der Waals surface area (Å²) in [4.78, 5) is 0. The molecule has 0 radical (unpaired) electrons. The van der Waals surface area contributed by atoms with Crippen LogP contribution in [-0.4, -0.2) is 0 Å². The third-order valence-corrected chi connectivity index (χ3v) is 3.33. The lowest BCUT2D eigenvalue weighted by Crippen LogP contribution is -1.80. The largest absolute Gasteiger partial charge is 0.103 e. The molecule has 1 rings (SSSR count). The van der Waals surface area contributed by atoms with Crippen molar-refractivity contribution in [2.75, 3.05) is 0 Å². The molecule has 1 fully saturated rings. The molecule has 0 saturated heterocycles. The molecular formula is C16H28. The first-order valence-electron chi connectivity index (χ1n) is 7.22. The van der Waals surface area contributed by atoms with Crippen molar-refractivity contribution in [3.63, 3.8) is 0 Å². The molecule has 0 bridgehead atoms. The number of hydrogen-bond donors (Lipinski definition) is 0. The third-order valence-electron chi connectivity index (χ3n) is 3.33. The van der Waals surface area contributed by atoms with Crippen molar-refractivity contribution in [1.29, 1.82) is 0 Å². The van der Waals surface area contributed by atoms with Gasteiger partial charge >= 0.3 is 0 Å². The van der Waals surface area contributed by atoms with E-state index >= 15 is 0 Å². The SMILES string of the molecule is C=CCCCCCCCCCCC=C1CC1. The molecule has 0 aromatic carbocycles. The summed E-state index contributed by atoms with van der Waals surface area (Å²) in [6.07, 6.45) is 21.2. The molecule has 0 nitrogen and oxygen atoms in total. The van der Waals surface area contributed by atoms with Crippen molar-refractivity contribution in [2.24, 2.45) is 0 Å². The zero-order chi connectivity index (χ0) is 11.5. The number of unbranched alkanes of at least 4 members (excludes halogenated alkanes) is 9. The zero-order valence-electron chi connectivity index (χ0n) is 10.8. The Morgan fingerprint density at radius 1 is 0.750 bits per heavy atom. The maximum Gasteiger partial charge on any atom is -0.0283 e. The third kappa shape index (κ3) is 8.76. The zero-order valence-corrected chi connectivity index (χ0v) is 10.8. The van der Waals surface area contributed by atoms with Crippen LogP contribution in [0.4, 0.5) is 0 Å². The standard InChI is InChI=1S/C16H28/c1-2-3-4-5-6-7-8-9-10-11-12-13-16-14-15-16/h2,13H,1,3-12,14-15H2. The highest BCUT2D eigenvalue weighted by Crippen LogP contribution is 2.28. The fraction of sp³-hybridized carbons (Fsp3) is 0.750. The van der Waals surface area contributed by atoms with Gasteiger partial charge in [0.1, 0.15) is 0 Å². The van der Waals surface area contributed by atoms with Crippen LogP contribution in [0.5, 0.6) is 0 Å². The van der Waals surface area contributed by atoms with Crippen LogP contribution in [0, 0.1) is 0 Å². The Labute approximate surface area is 102 Å². The summed E-state index contributed by atoms with van der Waals surface area (Å²) in [6.45, 7) is 3.75. The molecule has 0 aromatic heterocycles. The first-order valence-corrected chi connectivity index (χ1v) is 7.22. The highest BCUT2D eigenvalue weighted by atomic mass is 14.1. The van der Waals surface area contributed by atoms with E-state index in [4.69, 9.17) is 0 Å². The molecule has 0 aromatic rings. The van der Waals surface area contributed by atoms with Crippen LogP contribution in [0.15, 0.2) is 24.3 Å². The Balaban J connectivity index is 1.67. The van der Waals surface area contributed by atoms with E-state index in [0.717, 1.165) is 0 Å². The average molecular weight is 220 g/mol. The topological polar surface area (TPSA) is 0 Å². The van der Waals surface area contributed by atoms with Gasteiger partial charge in [-0.25, -0.2) is 0 Å². The van der Waals surface area contributed by atoms with Crippen molar-refractivity contribution >= 4 is 0 Å². The van der Waals surface area contributed by atoms with E-state index in [1.54, 1.807) is 5.57 Å². The molecule has 1 aliphatic carbocycles. The summed E-state index contributed by atoms with van der Waals surface area (Å²) in [5.41, 5.74) is 1.71. The molecule has 92 valence electrons. The minimum atomic E-state index is 1.20. The van der Waals surface area contributed by atoms with Gasteiger partial charge in [0.05, 0.1) is 0 Å². The predicted molar refractivity (Wildman–Crippen MR) is 73.7 cm³/mol. The average Bonchev–Trinajstić information content (AvgIpc) is 3.10. The van der Waals surface area contributed by atoms with E-state index in [2.05, 4.69) is 12.7 Å². The highest BCUT2D eigenvalue weighted by molar-refractivity contribution is 5.15. The molecule has 0 unspecified atom stereocenters. The van der Waals surface area contributed by atoms with Crippen LogP contribution in [0.3, 0.4) is 0 Å². The van der Waals surface area contributed by atoms with E-state index in [-0.39, 0.29) is 0 Å². The van der Waals surface area contributed by atoms with Crippen LogP contribution in [-0.2, 0) is 0 Å². The summed E-state index contributed by atoms with van der Waals surface area (Å²) in [7, 11) is 0.